The van der Waals surface area contributed by atoms with Crippen LogP contribution in [-0.2, 0) is 26.0 Å². The molecule has 0 spiro atoms. The van der Waals surface area contributed by atoms with Gasteiger partial charge in [0.2, 0.25) is 0 Å². The molecule has 1 rings (SSSR count). The van der Waals surface area contributed by atoms with Crippen molar-refractivity contribution in [1.82, 2.24) is 0 Å². The van der Waals surface area contributed by atoms with Crippen molar-refractivity contribution in [2.45, 2.75) is 39.5 Å². The average molecular weight is 406 g/mol. The van der Waals surface area contributed by atoms with Crippen molar-refractivity contribution in [2.24, 2.45) is 0 Å². The molecule has 0 heterocycles. The lowest BCUT2D eigenvalue weighted by Crippen LogP contribution is -2.11. The summed E-state index contributed by atoms with van der Waals surface area (Å²) in [6.07, 6.45) is -10.1. The Morgan fingerprint density at radius 3 is 1.85 bits per heavy atom. The number of benzene rings is 1. The first-order valence-electron chi connectivity index (χ1n) is 7.37. The molecule has 0 fully saturated rings. The van der Waals surface area contributed by atoms with Crippen LogP contribution in [-0.4, -0.2) is 11.5 Å². The van der Waals surface area contributed by atoms with Gasteiger partial charge in [-0.3, -0.25) is 9.42 Å². The van der Waals surface area contributed by atoms with Gasteiger partial charge in [-0.15, -0.1) is 0 Å². The van der Waals surface area contributed by atoms with Crippen LogP contribution < -0.4 is 0 Å². The zero-order chi connectivity index (χ0) is 20.3. The summed E-state index contributed by atoms with van der Waals surface area (Å²) in [6, 6.07) is 1.04. The quantitative estimate of drug-likeness (QED) is 0.357. The number of hydrogen-bond acceptors (Lipinski definition) is 3. The zero-order valence-corrected chi connectivity index (χ0v) is 14.9. The van der Waals surface area contributed by atoms with E-state index >= 15 is 0 Å². The standard InChI is InChI=1S/C15H17F6O4P/c1-4-13(25-26(22,23)24-5-2)9(3)10-6-11(14(16,17)18)8-12(7-10)15(19,20)21/h6-8H,4-5H2,1-3H3,(H,22,23)/b13-9-. The van der Waals surface area contributed by atoms with E-state index in [1.165, 1.54) is 20.8 Å². The van der Waals surface area contributed by atoms with Crippen molar-refractivity contribution in [1.29, 1.82) is 0 Å². The topological polar surface area (TPSA) is 55.8 Å². The third-order valence-corrected chi connectivity index (χ3v) is 4.31. The molecule has 0 saturated heterocycles. The predicted molar refractivity (Wildman–Crippen MR) is 81.9 cm³/mol. The molecule has 1 atom stereocenters. The first-order chi connectivity index (χ1) is 11.7. The van der Waals surface area contributed by atoms with E-state index in [0.29, 0.717) is 12.1 Å². The first-order valence-corrected chi connectivity index (χ1v) is 8.87. The molecule has 0 saturated carbocycles. The van der Waals surface area contributed by atoms with Gasteiger partial charge >= 0.3 is 20.2 Å². The van der Waals surface area contributed by atoms with E-state index in [4.69, 9.17) is 4.52 Å². The van der Waals surface area contributed by atoms with Crippen LogP contribution >= 0.6 is 7.82 Å². The maximum absolute atomic E-state index is 12.9. The SMILES string of the molecule is CCOP(=O)(O)O/C(CC)=C(/C)c1cc(C(F)(F)F)cc(C(F)(F)F)c1. The van der Waals surface area contributed by atoms with Crippen LogP contribution in [0.25, 0.3) is 5.57 Å². The first kappa shape index (κ1) is 22.5. The van der Waals surface area contributed by atoms with E-state index in [0.717, 1.165) is 0 Å². The Morgan fingerprint density at radius 1 is 1.04 bits per heavy atom. The Morgan fingerprint density at radius 2 is 1.50 bits per heavy atom. The lowest BCUT2D eigenvalue weighted by atomic mass is 9.98. The third kappa shape index (κ3) is 6.03. The second kappa shape index (κ2) is 8.02. The van der Waals surface area contributed by atoms with Crippen molar-refractivity contribution < 1.29 is 44.8 Å². The van der Waals surface area contributed by atoms with Gasteiger partial charge in [-0.25, -0.2) is 4.57 Å². The van der Waals surface area contributed by atoms with Gasteiger partial charge < -0.3 is 4.52 Å². The van der Waals surface area contributed by atoms with Crippen LogP contribution in [0, 0.1) is 0 Å². The summed E-state index contributed by atoms with van der Waals surface area (Å²) in [4.78, 5) is 9.50. The predicted octanol–water partition coefficient (Wildman–Crippen LogP) is 6.02. The maximum atomic E-state index is 12.9. The van der Waals surface area contributed by atoms with Gasteiger partial charge in [-0.2, -0.15) is 26.3 Å². The molecule has 4 nitrogen and oxygen atoms in total. The molecule has 0 aliphatic rings. The van der Waals surface area contributed by atoms with E-state index in [2.05, 4.69) is 4.52 Å². The van der Waals surface area contributed by atoms with Gasteiger partial charge in [-0.05, 0) is 43.2 Å². The summed E-state index contributed by atoms with van der Waals surface area (Å²) in [5, 5.41) is 0. The molecule has 148 valence electrons. The highest BCUT2D eigenvalue weighted by Crippen LogP contribution is 2.47. The molecule has 26 heavy (non-hydrogen) atoms. The molecule has 0 radical (unpaired) electrons. The van der Waals surface area contributed by atoms with Gasteiger partial charge in [0.25, 0.3) is 0 Å². The van der Waals surface area contributed by atoms with Crippen LogP contribution in [0.4, 0.5) is 26.3 Å². The Hall–Kier alpha value is -1.51. The summed E-state index contributed by atoms with van der Waals surface area (Å²) < 4.78 is 98.6. The highest BCUT2D eigenvalue weighted by Gasteiger charge is 2.37. The largest absolute Gasteiger partial charge is 0.527 e. The summed E-state index contributed by atoms with van der Waals surface area (Å²) in [6.45, 7) is 3.89. The van der Waals surface area contributed by atoms with Crippen LogP contribution in [0.1, 0.15) is 43.9 Å². The number of alkyl halides is 6. The minimum Gasteiger partial charge on any atom is -0.408 e. The fourth-order valence-electron chi connectivity index (χ4n) is 2.06. The number of allylic oxidation sites excluding steroid dienone is 2. The molecular formula is C15H17F6O4P. The van der Waals surface area contributed by atoms with Gasteiger partial charge in [0.15, 0.2) is 0 Å². The Balaban J connectivity index is 3.53. The molecule has 0 aliphatic heterocycles. The monoisotopic (exact) mass is 406 g/mol. The molecule has 1 N–H and O–H groups in total. The molecule has 0 amide bonds. The molecule has 1 aromatic rings. The molecule has 0 bridgehead atoms. The number of halogens is 6. The van der Waals surface area contributed by atoms with Crippen molar-refractivity contribution in [3.05, 3.63) is 40.6 Å². The molecule has 1 unspecified atom stereocenters. The highest BCUT2D eigenvalue weighted by atomic mass is 31.2. The highest BCUT2D eigenvalue weighted by molar-refractivity contribution is 7.47. The Labute approximate surface area is 146 Å². The van der Waals surface area contributed by atoms with Crippen LogP contribution in [0.2, 0.25) is 0 Å². The fraction of sp³-hybridized carbons (Fsp3) is 0.467. The summed E-state index contributed by atoms with van der Waals surface area (Å²) >= 11 is 0. The zero-order valence-electron chi connectivity index (χ0n) is 14.0. The van der Waals surface area contributed by atoms with Gasteiger partial charge in [-0.1, -0.05) is 6.92 Å². The van der Waals surface area contributed by atoms with E-state index in [9.17, 15) is 35.8 Å². The fourth-order valence-corrected chi connectivity index (χ4v) is 2.98. The normalized spacial score (nSPS) is 16.1. The van der Waals surface area contributed by atoms with Crippen molar-refractivity contribution >= 4 is 13.4 Å². The number of phosphoric acid groups is 1. The van der Waals surface area contributed by atoms with E-state index in [1.54, 1.807) is 0 Å². The van der Waals surface area contributed by atoms with Crippen molar-refractivity contribution in [3.63, 3.8) is 0 Å². The summed E-state index contributed by atoms with van der Waals surface area (Å²) in [5.41, 5.74) is -3.55. The number of phosphoric ester groups is 1. The minimum absolute atomic E-state index is 0.000385. The Kier molecular flexibility index (Phi) is 6.95. The molecular weight excluding hydrogens is 389 g/mol. The lowest BCUT2D eigenvalue weighted by Gasteiger charge is -2.18. The third-order valence-electron chi connectivity index (χ3n) is 3.28. The Bertz CT molecular complexity index is 692. The molecule has 11 heteroatoms. The molecule has 1 aromatic carbocycles. The van der Waals surface area contributed by atoms with Gasteiger partial charge in [0.05, 0.1) is 17.7 Å². The minimum atomic E-state index is -5.00. The second-order valence-electron chi connectivity index (χ2n) is 5.17. The summed E-state index contributed by atoms with van der Waals surface area (Å²) in [7, 11) is -4.53. The average Bonchev–Trinajstić information content (AvgIpc) is 2.49. The van der Waals surface area contributed by atoms with E-state index < -0.39 is 36.9 Å². The second-order valence-corrected chi connectivity index (χ2v) is 6.55. The summed E-state index contributed by atoms with van der Waals surface area (Å²) in [5.74, 6) is -0.253. The number of rotatable bonds is 6. The molecule has 0 aliphatic carbocycles. The smallest absolute Gasteiger partial charge is 0.408 e. The van der Waals surface area contributed by atoms with Crippen molar-refractivity contribution in [3.8, 4) is 0 Å². The van der Waals surface area contributed by atoms with E-state index in [-0.39, 0.29) is 30.4 Å². The lowest BCUT2D eigenvalue weighted by molar-refractivity contribution is -0.143. The maximum Gasteiger partial charge on any atom is 0.527 e. The van der Waals surface area contributed by atoms with Gasteiger partial charge in [0.1, 0.15) is 5.76 Å². The van der Waals surface area contributed by atoms with Gasteiger partial charge in [0, 0.05) is 6.42 Å². The van der Waals surface area contributed by atoms with Crippen LogP contribution in [0.3, 0.4) is 0 Å². The van der Waals surface area contributed by atoms with Crippen molar-refractivity contribution in [2.75, 3.05) is 6.61 Å². The van der Waals surface area contributed by atoms with Crippen LogP contribution in [0.5, 0.6) is 0 Å². The number of hydrogen-bond donors (Lipinski definition) is 1. The molecule has 0 aromatic heterocycles. The van der Waals surface area contributed by atoms with Crippen LogP contribution in [0.15, 0.2) is 24.0 Å². The van der Waals surface area contributed by atoms with E-state index in [1.807, 2.05) is 0 Å².